The zero-order chi connectivity index (χ0) is 22.8. The molecule has 3 aromatic heterocycles. The van der Waals surface area contributed by atoms with E-state index in [0.29, 0.717) is 17.6 Å². The van der Waals surface area contributed by atoms with E-state index in [-0.39, 0.29) is 24.7 Å². The number of ether oxygens (including phenoxy) is 1. The standard InChI is InChI=1S/C23H31N7O3/c1-28-8-7-20(14-28)33-21(32)15-30-13-18(11-25-30)26-23-24-10-17-6-9-29(22(17)27-23)12-16-2-4-19(31)5-3-16/h6,9-11,13,16,19-20,31H,2-5,7-8,12,14-15H2,1H3,(H,24,26,27)/t16?,19?,20-/m1/s1. The van der Waals surface area contributed by atoms with Crippen molar-refractivity contribution in [2.45, 2.75) is 57.4 Å². The van der Waals surface area contributed by atoms with Crippen LogP contribution in [-0.2, 0) is 22.6 Å². The summed E-state index contributed by atoms with van der Waals surface area (Å²) in [5.41, 5.74) is 1.60. The van der Waals surface area contributed by atoms with Gasteiger partial charge in [-0.1, -0.05) is 0 Å². The highest BCUT2D eigenvalue weighted by Crippen LogP contribution is 2.27. The Morgan fingerprint density at radius 3 is 2.88 bits per heavy atom. The number of carbonyl (C=O) groups excluding carboxylic acids is 1. The number of likely N-dealkylation sites (tertiary alicyclic amines) is 1. The molecule has 33 heavy (non-hydrogen) atoms. The molecule has 2 N–H and O–H groups in total. The van der Waals surface area contributed by atoms with E-state index in [9.17, 15) is 9.90 Å². The Bertz CT molecular complexity index is 1100. The van der Waals surface area contributed by atoms with Gasteiger partial charge in [-0.3, -0.25) is 9.48 Å². The Morgan fingerprint density at radius 1 is 1.24 bits per heavy atom. The lowest BCUT2D eigenvalue weighted by molar-refractivity contribution is -0.149. The van der Waals surface area contributed by atoms with Crippen LogP contribution in [0.5, 0.6) is 0 Å². The zero-order valence-electron chi connectivity index (χ0n) is 18.9. The molecular weight excluding hydrogens is 422 g/mol. The summed E-state index contributed by atoms with van der Waals surface area (Å²) in [5.74, 6) is 0.756. The van der Waals surface area contributed by atoms with Crippen LogP contribution < -0.4 is 5.32 Å². The maximum absolute atomic E-state index is 12.2. The smallest absolute Gasteiger partial charge is 0.328 e. The molecular formula is C23H31N7O3. The fourth-order valence-electron chi connectivity index (χ4n) is 4.77. The number of nitrogens with one attached hydrogen (secondary N) is 1. The van der Waals surface area contributed by atoms with E-state index >= 15 is 0 Å². The normalized spacial score (nSPS) is 23.8. The number of esters is 1. The van der Waals surface area contributed by atoms with Gasteiger partial charge in [-0.25, -0.2) is 4.98 Å². The van der Waals surface area contributed by atoms with Crippen molar-refractivity contribution in [1.82, 2.24) is 29.2 Å². The van der Waals surface area contributed by atoms with Crippen LogP contribution in [0.15, 0.2) is 30.9 Å². The molecule has 2 fully saturated rings. The molecule has 5 rings (SSSR count). The molecule has 2 aliphatic rings. The second-order valence-corrected chi connectivity index (χ2v) is 9.33. The molecule has 1 saturated heterocycles. The van der Waals surface area contributed by atoms with Crippen LogP contribution >= 0.6 is 0 Å². The van der Waals surface area contributed by atoms with Gasteiger partial charge in [0.05, 0.1) is 18.0 Å². The lowest BCUT2D eigenvalue weighted by atomic mass is 9.87. The number of rotatable bonds is 7. The molecule has 1 aliphatic heterocycles. The van der Waals surface area contributed by atoms with E-state index in [1.807, 2.05) is 19.3 Å². The number of aliphatic hydroxyl groups is 1. The highest BCUT2D eigenvalue weighted by molar-refractivity contribution is 5.76. The van der Waals surface area contributed by atoms with Gasteiger partial charge in [0, 0.05) is 43.6 Å². The van der Waals surface area contributed by atoms with Gasteiger partial charge in [0.2, 0.25) is 5.95 Å². The molecule has 1 saturated carbocycles. The van der Waals surface area contributed by atoms with E-state index in [1.54, 1.807) is 17.1 Å². The van der Waals surface area contributed by atoms with Gasteiger partial charge < -0.3 is 24.6 Å². The summed E-state index contributed by atoms with van der Waals surface area (Å²) in [7, 11) is 2.02. The molecule has 0 bridgehead atoms. The summed E-state index contributed by atoms with van der Waals surface area (Å²) < 4.78 is 9.26. The Morgan fingerprint density at radius 2 is 2.09 bits per heavy atom. The molecule has 10 heteroatoms. The Labute approximate surface area is 192 Å². The maximum Gasteiger partial charge on any atom is 0.328 e. The SMILES string of the molecule is CN1CC[C@@H](OC(=O)Cn2cc(Nc3ncc4ccn(CC5CCC(O)CC5)c4n3)cn2)C1. The number of carbonyl (C=O) groups is 1. The summed E-state index contributed by atoms with van der Waals surface area (Å²) >= 11 is 0. The van der Waals surface area contributed by atoms with E-state index < -0.39 is 0 Å². The van der Waals surface area contributed by atoms with Gasteiger partial charge >= 0.3 is 5.97 Å². The second-order valence-electron chi connectivity index (χ2n) is 9.33. The third-order valence-electron chi connectivity index (χ3n) is 6.60. The maximum atomic E-state index is 12.2. The predicted octanol–water partition coefficient (Wildman–Crippen LogP) is 2.17. The first kappa shape index (κ1) is 21.8. The molecule has 0 aromatic carbocycles. The van der Waals surface area contributed by atoms with Gasteiger partial charge in [0.25, 0.3) is 0 Å². The van der Waals surface area contributed by atoms with Gasteiger partial charge in [0.1, 0.15) is 18.3 Å². The van der Waals surface area contributed by atoms with Crippen molar-refractivity contribution in [2.24, 2.45) is 5.92 Å². The molecule has 0 unspecified atom stereocenters. The van der Waals surface area contributed by atoms with E-state index in [4.69, 9.17) is 9.72 Å². The Hall–Kier alpha value is -2.98. The van der Waals surface area contributed by atoms with Crippen molar-refractivity contribution in [3.63, 3.8) is 0 Å². The number of hydrogen-bond acceptors (Lipinski definition) is 8. The van der Waals surface area contributed by atoms with Crippen molar-refractivity contribution in [3.8, 4) is 0 Å². The lowest BCUT2D eigenvalue weighted by Crippen LogP contribution is -2.24. The average Bonchev–Trinajstić information content (AvgIpc) is 3.51. The van der Waals surface area contributed by atoms with Gasteiger partial charge in [0.15, 0.2) is 0 Å². The number of fused-ring (bicyclic) bond motifs is 1. The molecule has 4 heterocycles. The lowest BCUT2D eigenvalue weighted by Gasteiger charge is -2.25. The molecule has 0 amide bonds. The number of aromatic nitrogens is 5. The highest BCUT2D eigenvalue weighted by atomic mass is 16.5. The monoisotopic (exact) mass is 453 g/mol. The topological polar surface area (TPSA) is 110 Å². The molecule has 3 aromatic rings. The summed E-state index contributed by atoms with van der Waals surface area (Å²) in [4.78, 5) is 23.5. The van der Waals surface area contributed by atoms with E-state index in [2.05, 4.69) is 31.1 Å². The Kier molecular flexibility index (Phi) is 6.28. The summed E-state index contributed by atoms with van der Waals surface area (Å²) in [6.07, 6.45) is 11.8. The second kappa shape index (κ2) is 9.48. The molecule has 176 valence electrons. The van der Waals surface area contributed by atoms with Gasteiger partial charge in [-0.15, -0.1) is 0 Å². The third kappa shape index (κ3) is 5.33. The number of nitrogens with zero attached hydrogens (tertiary/aromatic N) is 6. The van der Waals surface area contributed by atoms with Crippen LogP contribution in [0.1, 0.15) is 32.1 Å². The summed E-state index contributed by atoms with van der Waals surface area (Å²) in [6.45, 7) is 2.69. The first-order valence-electron chi connectivity index (χ1n) is 11.7. The number of likely N-dealkylation sites (N-methyl/N-ethyl adjacent to an activating group) is 1. The first-order chi connectivity index (χ1) is 16.0. The fourth-order valence-corrected chi connectivity index (χ4v) is 4.77. The van der Waals surface area contributed by atoms with Crippen LogP contribution in [0, 0.1) is 5.92 Å². The molecule has 10 nitrogen and oxygen atoms in total. The molecule has 0 radical (unpaired) electrons. The third-order valence-corrected chi connectivity index (χ3v) is 6.60. The van der Waals surface area contributed by atoms with Crippen LogP contribution in [0.3, 0.4) is 0 Å². The zero-order valence-corrected chi connectivity index (χ0v) is 18.9. The fraction of sp³-hybridized carbons (Fsp3) is 0.565. The first-order valence-corrected chi connectivity index (χ1v) is 11.7. The largest absolute Gasteiger partial charge is 0.460 e. The molecule has 0 spiro atoms. The van der Waals surface area contributed by atoms with Crippen molar-refractivity contribution in [3.05, 3.63) is 30.9 Å². The molecule has 1 atom stereocenters. The van der Waals surface area contributed by atoms with Crippen molar-refractivity contribution in [1.29, 1.82) is 0 Å². The van der Waals surface area contributed by atoms with Crippen molar-refractivity contribution >= 4 is 28.6 Å². The van der Waals surface area contributed by atoms with Gasteiger partial charge in [-0.05, 0) is 51.1 Å². The minimum Gasteiger partial charge on any atom is -0.460 e. The van der Waals surface area contributed by atoms with Crippen LogP contribution in [0.2, 0.25) is 0 Å². The Balaban J connectivity index is 1.20. The predicted molar refractivity (Wildman–Crippen MR) is 123 cm³/mol. The van der Waals surface area contributed by atoms with Crippen LogP contribution in [0.4, 0.5) is 11.6 Å². The van der Waals surface area contributed by atoms with E-state index in [0.717, 1.165) is 62.8 Å². The molecule has 1 aliphatic carbocycles. The number of anilines is 2. The minimum absolute atomic E-state index is 0.0364. The van der Waals surface area contributed by atoms with Crippen LogP contribution in [0.25, 0.3) is 11.0 Å². The number of hydrogen-bond donors (Lipinski definition) is 2. The quantitative estimate of drug-likeness (QED) is 0.524. The van der Waals surface area contributed by atoms with Crippen LogP contribution in [-0.4, -0.2) is 72.6 Å². The van der Waals surface area contributed by atoms with Crippen molar-refractivity contribution < 1.29 is 14.6 Å². The highest BCUT2D eigenvalue weighted by Gasteiger charge is 2.23. The van der Waals surface area contributed by atoms with Gasteiger partial charge in [-0.2, -0.15) is 10.1 Å². The minimum atomic E-state index is -0.282. The van der Waals surface area contributed by atoms with E-state index in [1.165, 1.54) is 0 Å². The average molecular weight is 454 g/mol. The summed E-state index contributed by atoms with van der Waals surface area (Å²) in [6, 6.07) is 2.03. The summed E-state index contributed by atoms with van der Waals surface area (Å²) in [5, 5.41) is 18.2. The number of aliphatic hydroxyl groups excluding tert-OH is 1. The van der Waals surface area contributed by atoms with Crippen molar-refractivity contribution in [2.75, 3.05) is 25.5 Å².